The number of amides is 1. The summed E-state index contributed by atoms with van der Waals surface area (Å²) < 4.78 is 6.08. The first-order valence-electron chi connectivity index (χ1n) is 10.9. The summed E-state index contributed by atoms with van der Waals surface area (Å²) in [7, 11) is 1.78. The molecule has 0 spiro atoms. The molecule has 1 heterocycles. The first-order valence-corrected chi connectivity index (χ1v) is 10.9. The molecule has 6 nitrogen and oxygen atoms in total. The van der Waals surface area contributed by atoms with Crippen LogP contribution >= 0.6 is 24.0 Å². The van der Waals surface area contributed by atoms with E-state index >= 15 is 0 Å². The molecule has 1 aliphatic heterocycles. The highest BCUT2D eigenvalue weighted by Crippen LogP contribution is 2.28. The van der Waals surface area contributed by atoms with Crippen LogP contribution in [0.5, 0.6) is 5.75 Å². The van der Waals surface area contributed by atoms with E-state index in [4.69, 9.17) is 4.74 Å². The normalized spacial score (nSPS) is 20.1. The summed E-state index contributed by atoms with van der Waals surface area (Å²) in [6.45, 7) is 8.39. The standard InChI is InChI=1S/C23H36N4O2.HI/c1-23(2,3)29-20-12-8-7-11-18(20)15-25-22(24-4)26-19-13-14-27(16-19)21(28)17-9-5-6-10-17;/h7-8,11-12,17,19H,5-6,9-10,13-16H2,1-4H3,(H2,24,25,26);1H. The van der Waals surface area contributed by atoms with Crippen molar-refractivity contribution in [2.24, 2.45) is 10.9 Å². The summed E-state index contributed by atoms with van der Waals surface area (Å²) in [5.74, 6) is 2.25. The minimum absolute atomic E-state index is 0. The van der Waals surface area contributed by atoms with E-state index in [0.29, 0.717) is 12.5 Å². The zero-order valence-electron chi connectivity index (χ0n) is 18.7. The number of halogens is 1. The maximum Gasteiger partial charge on any atom is 0.225 e. The topological polar surface area (TPSA) is 66.0 Å². The highest BCUT2D eigenvalue weighted by atomic mass is 127. The van der Waals surface area contributed by atoms with Gasteiger partial charge in [-0.2, -0.15) is 0 Å². The highest BCUT2D eigenvalue weighted by molar-refractivity contribution is 14.0. The quantitative estimate of drug-likeness (QED) is 0.345. The number of nitrogens with one attached hydrogen (secondary N) is 2. The maximum atomic E-state index is 12.6. The molecular weight excluding hydrogens is 491 g/mol. The van der Waals surface area contributed by atoms with Crippen molar-refractivity contribution in [3.05, 3.63) is 29.8 Å². The van der Waals surface area contributed by atoms with Crippen molar-refractivity contribution < 1.29 is 9.53 Å². The smallest absolute Gasteiger partial charge is 0.225 e. The van der Waals surface area contributed by atoms with Crippen LogP contribution in [0.2, 0.25) is 0 Å². The van der Waals surface area contributed by atoms with E-state index in [0.717, 1.165) is 49.6 Å². The largest absolute Gasteiger partial charge is 0.488 e. The second-order valence-corrected chi connectivity index (χ2v) is 9.14. The van der Waals surface area contributed by atoms with E-state index in [2.05, 4.69) is 42.5 Å². The van der Waals surface area contributed by atoms with Gasteiger partial charge in [-0.15, -0.1) is 24.0 Å². The number of nitrogens with zero attached hydrogens (tertiary/aromatic N) is 2. The fourth-order valence-electron chi connectivity index (χ4n) is 4.16. The molecule has 30 heavy (non-hydrogen) atoms. The summed E-state index contributed by atoms with van der Waals surface area (Å²) in [4.78, 5) is 19.1. The predicted octanol–water partition coefficient (Wildman–Crippen LogP) is 3.94. The van der Waals surface area contributed by atoms with Crippen LogP contribution in [-0.2, 0) is 11.3 Å². The molecule has 0 bridgehead atoms. The zero-order chi connectivity index (χ0) is 20.9. The van der Waals surface area contributed by atoms with Gasteiger partial charge in [0.2, 0.25) is 5.91 Å². The third-order valence-electron chi connectivity index (χ3n) is 5.60. The van der Waals surface area contributed by atoms with Crippen molar-refractivity contribution in [1.82, 2.24) is 15.5 Å². The summed E-state index contributed by atoms with van der Waals surface area (Å²) in [5, 5.41) is 6.88. The third kappa shape index (κ3) is 7.03. The first-order chi connectivity index (χ1) is 13.9. The first kappa shape index (κ1) is 24.8. The fourth-order valence-corrected chi connectivity index (χ4v) is 4.16. The lowest BCUT2D eigenvalue weighted by atomic mass is 10.1. The van der Waals surface area contributed by atoms with Gasteiger partial charge >= 0.3 is 0 Å². The van der Waals surface area contributed by atoms with Gasteiger partial charge in [0.05, 0.1) is 0 Å². The molecule has 1 aromatic carbocycles. The van der Waals surface area contributed by atoms with Crippen LogP contribution in [0.1, 0.15) is 58.4 Å². The second-order valence-electron chi connectivity index (χ2n) is 9.14. The molecule has 1 atom stereocenters. The Bertz CT molecular complexity index is 726. The lowest BCUT2D eigenvalue weighted by Gasteiger charge is -2.24. The second kappa shape index (κ2) is 11.2. The zero-order valence-corrected chi connectivity index (χ0v) is 21.1. The van der Waals surface area contributed by atoms with Gasteiger partial charge in [-0.05, 0) is 46.1 Å². The summed E-state index contributed by atoms with van der Waals surface area (Å²) in [6.07, 6.45) is 5.48. The van der Waals surface area contributed by atoms with Gasteiger partial charge in [0.15, 0.2) is 5.96 Å². The number of benzene rings is 1. The Balaban J connectivity index is 0.00000320. The fraction of sp³-hybridized carbons (Fsp3) is 0.652. The minimum Gasteiger partial charge on any atom is -0.488 e. The van der Waals surface area contributed by atoms with Crippen LogP contribution in [0.4, 0.5) is 0 Å². The number of hydrogen-bond donors (Lipinski definition) is 2. The van der Waals surface area contributed by atoms with Crippen molar-refractivity contribution in [3.8, 4) is 5.75 Å². The van der Waals surface area contributed by atoms with Crippen LogP contribution in [-0.4, -0.2) is 48.5 Å². The van der Waals surface area contributed by atoms with Crippen molar-refractivity contribution >= 4 is 35.8 Å². The predicted molar refractivity (Wildman–Crippen MR) is 133 cm³/mol. The van der Waals surface area contributed by atoms with Crippen molar-refractivity contribution in [2.75, 3.05) is 20.1 Å². The van der Waals surface area contributed by atoms with E-state index in [1.54, 1.807) is 7.05 Å². The molecule has 0 aromatic heterocycles. The molecule has 1 saturated heterocycles. The van der Waals surface area contributed by atoms with Crippen molar-refractivity contribution in [3.63, 3.8) is 0 Å². The Hall–Kier alpha value is -1.51. The van der Waals surface area contributed by atoms with Crippen LogP contribution < -0.4 is 15.4 Å². The Labute approximate surface area is 198 Å². The van der Waals surface area contributed by atoms with Gasteiger partial charge in [-0.3, -0.25) is 9.79 Å². The molecule has 2 aliphatic rings. The number of likely N-dealkylation sites (tertiary alicyclic amines) is 1. The van der Waals surface area contributed by atoms with Gasteiger partial charge in [0, 0.05) is 44.2 Å². The molecule has 7 heteroatoms. The Morgan fingerprint density at radius 1 is 1.20 bits per heavy atom. The Kier molecular flexibility index (Phi) is 9.25. The molecule has 1 unspecified atom stereocenters. The minimum atomic E-state index is -0.241. The molecule has 1 amide bonds. The SMILES string of the molecule is CN=C(NCc1ccccc1OC(C)(C)C)NC1CCN(C(=O)C2CCCC2)C1.I. The monoisotopic (exact) mass is 528 g/mol. The molecule has 1 aliphatic carbocycles. The summed E-state index contributed by atoms with van der Waals surface area (Å²) >= 11 is 0. The van der Waals surface area contributed by atoms with Crippen LogP contribution in [0.25, 0.3) is 0 Å². The number of ether oxygens (including phenoxy) is 1. The van der Waals surface area contributed by atoms with Gasteiger partial charge in [-0.25, -0.2) is 0 Å². The van der Waals surface area contributed by atoms with Crippen molar-refractivity contribution in [2.45, 2.75) is 71.1 Å². The van der Waals surface area contributed by atoms with Crippen molar-refractivity contribution in [1.29, 1.82) is 0 Å². The van der Waals surface area contributed by atoms with E-state index in [-0.39, 0.29) is 41.5 Å². The van der Waals surface area contributed by atoms with E-state index in [1.807, 2.05) is 23.1 Å². The number of carbonyl (C=O) groups excluding carboxylic acids is 1. The summed E-state index contributed by atoms with van der Waals surface area (Å²) in [6, 6.07) is 8.33. The molecule has 2 N–H and O–H groups in total. The lowest BCUT2D eigenvalue weighted by molar-refractivity contribution is -0.134. The molecule has 3 rings (SSSR count). The van der Waals surface area contributed by atoms with Crippen LogP contribution in [0, 0.1) is 5.92 Å². The Morgan fingerprint density at radius 3 is 2.57 bits per heavy atom. The van der Waals surface area contributed by atoms with E-state index in [1.165, 1.54) is 12.8 Å². The van der Waals surface area contributed by atoms with Crippen LogP contribution in [0.15, 0.2) is 29.3 Å². The number of hydrogen-bond acceptors (Lipinski definition) is 3. The van der Waals surface area contributed by atoms with E-state index < -0.39 is 0 Å². The van der Waals surface area contributed by atoms with Gasteiger partial charge in [-0.1, -0.05) is 31.0 Å². The maximum absolute atomic E-state index is 12.6. The molecule has 2 fully saturated rings. The van der Waals surface area contributed by atoms with E-state index in [9.17, 15) is 4.79 Å². The number of aliphatic imine (C=N–C) groups is 1. The third-order valence-corrected chi connectivity index (χ3v) is 5.60. The Morgan fingerprint density at radius 2 is 1.90 bits per heavy atom. The average Bonchev–Trinajstić information content (AvgIpc) is 3.36. The number of guanidine groups is 1. The lowest BCUT2D eigenvalue weighted by Crippen LogP contribution is -2.45. The molecule has 168 valence electrons. The highest BCUT2D eigenvalue weighted by Gasteiger charge is 2.32. The van der Waals surface area contributed by atoms with Crippen LogP contribution in [0.3, 0.4) is 0 Å². The van der Waals surface area contributed by atoms with Gasteiger partial charge in [0.1, 0.15) is 11.4 Å². The number of rotatable bonds is 5. The average molecular weight is 528 g/mol. The molecule has 0 radical (unpaired) electrons. The summed E-state index contributed by atoms with van der Waals surface area (Å²) in [5.41, 5.74) is 0.852. The number of para-hydroxylation sites is 1. The number of carbonyl (C=O) groups is 1. The van der Waals surface area contributed by atoms with Gasteiger partial charge < -0.3 is 20.3 Å². The van der Waals surface area contributed by atoms with Gasteiger partial charge in [0.25, 0.3) is 0 Å². The molecule has 1 aromatic rings. The molecular formula is C23H37IN4O2. The molecule has 1 saturated carbocycles.